The molecule has 3 heterocycles. The third kappa shape index (κ3) is 1.73. The summed E-state index contributed by atoms with van der Waals surface area (Å²) in [4.78, 5) is 6.62. The van der Waals surface area contributed by atoms with Crippen LogP contribution in [0.15, 0.2) is 12.1 Å². The first kappa shape index (κ1) is 8.17. The molecule has 86 valence electrons. The number of rotatable bonds is 2. The van der Waals surface area contributed by atoms with E-state index in [0.717, 1.165) is 44.0 Å². The van der Waals surface area contributed by atoms with E-state index in [-0.39, 0.29) is 5.69 Å². The largest absolute Gasteiger partial charge is 0.390 e. The van der Waals surface area contributed by atoms with E-state index in [9.17, 15) is 5.11 Å². The van der Waals surface area contributed by atoms with E-state index in [1.807, 2.05) is 6.07 Å². The van der Waals surface area contributed by atoms with Crippen LogP contribution >= 0.6 is 0 Å². The van der Waals surface area contributed by atoms with E-state index < -0.39 is 6.56 Å². The number of aliphatic hydroxyl groups is 1. The second-order valence-electron chi connectivity index (χ2n) is 4.33. The van der Waals surface area contributed by atoms with E-state index >= 15 is 0 Å². The fourth-order valence-corrected chi connectivity index (χ4v) is 2.25. The Labute approximate surface area is 97.7 Å². The van der Waals surface area contributed by atoms with Crippen molar-refractivity contribution in [1.29, 1.82) is 0 Å². The average Bonchev–Trinajstić information content (AvgIpc) is 2.24. The Balaban J connectivity index is 1.81. The van der Waals surface area contributed by atoms with Crippen LogP contribution in [-0.4, -0.2) is 40.8 Å². The zero-order chi connectivity index (χ0) is 12.8. The van der Waals surface area contributed by atoms with E-state index in [4.69, 9.17) is 7.48 Å². The highest BCUT2D eigenvalue weighted by Gasteiger charge is 2.29. The molecule has 0 unspecified atom stereocenters. The Morgan fingerprint density at radius 1 is 1.56 bits per heavy atom. The van der Waals surface area contributed by atoms with Crippen molar-refractivity contribution < 1.29 is 12.6 Å². The molecule has 1 aromatic heterocycles. The average molecular weight is 222 g/mol. The maximum Gasteiger partial charge on any atom is 0.0853 e. The van der Waals surface area contributed by atoms with Gasteiger partial charge in [-0.25, -0.2) is 0 Å². The lowest BCUT2D eigenvalue weighted by molar-refractivity contribution is -0.0696. The lowest BCUT2D eigenvalue weighted by Crippen LogP contribution is -2.50. The highest BCUT2D eigenvalue weighted by atomic mass is 16.5. The Hall–Kier alpha value is -0.970. The molecule has 0 atom stereocenters. The van der Waals surface area contributed by atoms with Gasteiger partial charge in [0.1, 0.15) is 0 Å². The van der Waals surface area contributed by atoms with Gasteiger partial charge in [0.2, 0.25) is 0 Å². The van der Waals surface area contributed by atoms with Crippen molar-refractivity contribution in [3.05, 3.63) is 29.1 Å². The molecule has 4 heteroatoms. The predicted octanol–water partition coefficient (Wildman–Crippen LogP) is 0.331. The van der Waals surface area contributed by atoms with Gasteiger partial charge in [-0.15, -0.1) is 0 Å². The van der Waals surface area contributed by atoms with Crippen LogP contribution in [-0.2, 0) is 24.3 Å². The van der Waals surface area contributed by atoms with Crippen molar-refractivity contribution in [3.8, 4) is 0 Å². The lowest BCUT2D eigenvalue weighted by Gasteiger charge is -2.39. The molecule has 0 bridgehead atoms. The summed E-state index contributed by atoms with van der Waals surface area (Å²) in [5.41, 5.74) is 2.13. The zero-order valence-electron chi connectivity index (χ0n) is 11.0. The summed E-state index contributed by atoms with van der Waals surface area (Å²) in [6.07, 6.45) is 0.801. The van der Waals surface area contributed by atoms with Crippen molar-refractivity contribution in [2.45, 2.75) is 25.6 Å². The summed E-state index contributed by atoms with van der Waals surface area (Å²) in [6.45, 7) is 1.02. The second kappa shape index (κ2) is 4.13. The molecule has 0 spiro atoms. The van der Waals surface area contributed by atoms with Crippen LogP contribution in [0.25, 0.3) is 0 Å². The molecule has 1 N–H and O–H groups in total. The number of hydrogen-bond donors (Lipinski definition) is 1. The van der Waals surface area contributed by atoms with E-state index in [1.165, 1.54) is 0 Å². The van der Waals surface area contributed by atoms with Crippen molar-refractivity contribution in [1.82, 2.24) is 9.88 Å². The molecule has 0 saturated carbocycles. The maximum absolute atomic E-state index is 9.32. The second-order valence-corrected chi connectivity index (χ2v) is 4.33. The van der Waals surface area contributed by atoms with Gasteiger partial charge in [0, 0.05) is 25.2 Å². The summed E-state index contributed by atoms with van der Waals surface area (Å²) < 4.78 is 19.7. The van der Waals surface area contributed by atoms with Gasteiger partial charge in [-0.2, -0.15) is 0 Å². The van der Waals surface area contributed by atoms with Crippen molar-refractivity contribution in [2.24, 2.45) is 0 Å². The van der Waals surface area contributed by atoms with Crippen LogP contribution in [0.3, 0.4) is 0 Å². The first-order valence-corrected chi connectivity index (χ1v) is 5.57. The summed E-state index contributed by atoms with van der Waals surface area (Å²) >= 11 is 0. The van der Waals surface area contributed by atoms with Crippen LogP contribution in [0.2, 0.25) is 0 Å². The Morgan fingerprint density at radius 2 is 2.44 bits per heavy atom. The molecule has 4 nitrogen and oxygen atoms in total. The first-order valence-electron chi connectivity index (χ1n) is 6.57. The fourth-order valence-electron chi connectivity index (χ4n) is 2.25. The van der Waals surface area contributed by atoms with Crippen LogP contribution in [0, 0.1) is 0 Å². The number of hydrogen-bond acceptors (Lipinski definition) is 4. The number of ether oxygens (including phenoxy) is 1. The smallest absolute Gasteiger partial charge is 0.0853 e. The standard InChI is InChI=1S/C12H16N2O2/c15-6-10-2-1-9-5-14(11-7-16-8-11)4-3-12(9)13-10/h1-2,11,15H,3-8H2/i6D2. The monoisotopic (exact) mass is 222 g/mol. The normalized spacial score (nSPS) is 24.3. The van der Waals surface area contributed by atoms with Gasteiger partial charge < -0.3 is 9.84 Å². The highest BCUT2D eigenvalue weighted by molar-refractivity contribution is 5.25. The molecule has 0 amide bonds. The molecular weight excluding hydrogens is 204 g/mol. The van der Waals surface area contributed by atoms with Crippen molar-refractivity contribution in [2.75, 3.05) is 19.8 Å². The minimum absolute atomic E-state index is 0.0988. The van der Waals surface area contributed by atoms with Crippen molar-refractivity contribution >= 4 is 0 Å². The summed E-state index contributed by atoms with van der Waals surface area (Å²) in [6, 6.07) is 3.96. The predicted molar refractivity (Wildman–Crippen MR) is 58.9 cm³/mol. The summed E-state index contributed by atoms with van der Waals surface area (Å²) in [5.74, 6) is 0. The van der Waals surface area contributed by atoms with Gasteiger partial charge >= 0.3 is 0 Å². The molecule has 0 aromatic carbocycles. The van der Waals surface area contributed by atoms with Gasteiger partial charge in [-0.1, -0.05) is 6.07 Å². The molecule has 2 aliphatic rings. The third-order valence-corrected chi connectivity index (χ3v) is 3.33. The number of pyridine rings is 1. The minimum Gasteiger partial charge on any atom is -0.390 e. The molecule has 2 aliphatic heterocycles. The summed E-state index contributed by atoms with van der Waals surface area (Å²) in [7, 11) is 0. The molecule has 0 radical (unpaired) electrons. The SMILES string of the molecule is [2H]C([2H])(O)c1ccc2c(n1)CCN(C1COC1)C2. The van der Waals surface area contributed by atoms with Crippen LogP contribution in [0.4, 0.5) is 0 Å². The molecule has 1 fully saturated rings. The molecule has 3 rings (SSSR count). The molecular formula is C12H16N2O2. The van der Waals surface area contributed by atoms with E-state index in [0.29, 0.717) is 6.04 Å². The molecule has 0 aliphatic carbocycles. The fraction of sp³-hybridized carbons (Fsp3) is 0.583. The highest BCUT2D eigenvalue weighted by Crippen LogP contribution is 2.22. The van der Waals surface area contributed by atoms with E-state index in [2.05, 4.69) is 9.88 Å². The van der Waals surface area contributed by atoms with Crippen molar-refractivity contribution in [3.63, 3.8) is 0 Å². The zero-order valence-corrected chi connectivity index (χ0v) is 9.02. The van der Waals surface area contributed by atoms with Gasteiger partial charge in [0.05, 0.1) is 34.3 Å². The van der Waals surface area contributed by atoms with Gasteiger partial charge in [-0.3, -0.25) is 9.88 Å². The number of aromatic nitrogens is 1. The van der Waals surface area contributed by atoms with Crippen LogP contribution in [0.5, 0.6) is 0 Å². The van der Waals surface area contributed by atoms with Gasteiger partial charge in [0.15, 0.2) is 0 Å². The Bertz CT molecular complexity index is 458. The Morgan fingerprint density at radius 3 is 3.12 bits per heavy atom. The lowest BCUT2D eigenvalue weighted by atomic mass is 10.0. The molecule has 16 heavy (non-hydrogen) atoms. The molecule has 1 aromatic rings. The summed E-state index contributed by atoms with van der Waals surface area (Å²) in [5, 5.41) is 9.32. The quantitative estimate of drug-likeness (QED) is 0.783. The van der Waals surface area contributed by atoms with Crippen LogP contribution < -0.4 is 0 Å². The topological polar surface area (TPSA) is 45.6 Å². The van der Waals surface area contributed by atoms with Gasteiger partial charge in [-0.05, 0) is 11.6 Å². The van der Waals surface area contributed by atoms with Crippen LogP contribution in [0.1, 0.15) is 19.7 Å². The number of nitrogens with zero attached hydrogens (tertiary/aromatic N) is 2. The Kier molecular flexibility index (Phi) is 2.11. The van der Waals surface area contributed by atoms with E-state index in [1.54, 1.807) is 6.07 Å². The minimum atomic E-state index is -2.35. The maximum atomic E-state index is 9.32. The third-order valence-electron chi connectivity index (χ3n) is 3.33. The number of fused-ring (bicyclic) bond motifs is 1. The molecule has 1 saturated heterocycles. The first-order chi connectivity index (χ1) is 8.54. The van der Waals surface area contributed by atoms with Gasteiger partial charge in [0.25, 0.3) is 0 Å².